The SMILES string of the molecule is c1ccc(-c2nc(-c3cccc4oc5ccc(-c6ccc7c(c6)c6ccccc6n7-c6ccccc6)cc5c34)nc3c2c2ccccc2n3-c2ccccc2)cc1. The number of nitrogens with zero attached hydrogens (tertiary/aromatic N) is 4. The maximum absolute atomic E-state index is 6.57. The third-order valence-corrected chi connectivity index (χ3v) is 11.3. The Balaban J connectivity index is 1.09. The first-order chi connectivity index (χ1) is 28.3. The molecule has 0 radical (unpaired) electrons. The van der Waals surface area contributed by atoms with Crippen molar-refractivity contribution in [2.24, 2.45) is 0 Å². The molecule has 0 atom stereocenters. The van der Waals surface area contributed by atoms with E-state index in [1.807, 2.05) is 24.3 Å². The molecule has 0 spiro atoms. The van der Waals surface area contributed by atoms with Gasteiger partial charge in [-0.15, -0.1) is 0 Å². The van der Waals surface area contributed by atoms with Crippen LogP contribution < -0.4 is 0 Å². The van der Waals surface area contributed by atoms with Crippen LogP contribution in [0.15, 0.2) is 199 Å². The molecule has 0 saturated carbocycles. The van der Waals surface area contributed by atoms with Gasteiger partial charge in [0, 0.05) is 49.4 Å². The number of fused-ring (bicyclic) bond motifs is 9. The van der Waals surface area contributed by atoms with Gasteiger partial charge in [0.05, 0.1) is 27.6 Å². The smallest absolute Gasteiger partial charge is 0.162 e. The van der Waals surface area contributed by atoms with Crippen molar-refractivity contribution in [2.75, 3.05) is 0 Å². The Morgan fingerprint density at radius 2 is 0.965 bits per heavy atom. The number of para-hydroxylation sites is 4. The van der Waals surface area contributed by atoms with E-state index < -0.39 is 0 Å². The molecular formula is C52H32N4O. The predicted molar refractivity (Wildman–Crippen MR) is 234 cm³/mol. The summed E-state index contributed by atoms with van der Waals surface area (Å²) >= 11 is 0. The molecule has 12 aromatic rings. The first-order valence-corrected chi connectivity index (χ1v) is 19.3. The second kappa shape index (κ2) is 12.4. The van der Waals surface area contributed by atoms with E-state index in [4.69, 9.17) is 14.4 Å². The molecule has 4 heterocycles. The van der Waals surface area contributed by atoms with Crippen LogP contribution in [-0.4, -0.2) is 19.1 Å². The lowest BCUT2D eigenvalue weighted by molar-refractivity contribution is 0.669. The van der Waals surface area contributed by atoms with E-state index in [9.17, 15) is 0 Å². The van der Waals surface area contributed by atoms with Crippen molar-refractivity contribution in [1.82, 2.24) is 19.1 Å². The highest BCUT2D eigenvalue weighted by atomic mass is 16.3. The minimum Gasteiger partial charge on any atom is -0.456 e. The van der Waals surface area contributed by atoms with Gasteiger partial charge >= 0.3 is 0 Å². The monoisotopic (exact) mass is 728 g/mol. The highest BCUT2D eigenvalue weighted by molar-refractivity contribution is 6.16. The van der Waals surface area contributed by atoms with Crippen LogP contribution in [0, 0.1) is 0 Å². The molecule has 0 aliphatic rings. The highest BCUT2D eigenvalue weighted by Gasteiger charge is 2.23. The molecule has 57 heavy (non-hydrogen) atoms. The van der Waals surface area contributed by atoms with Crippen LogP contribution >= 0.6 is 0 Å². The second-order valence-electron chi connectivity index (χ2n) is 14.6. The average Bonchev–Trinajstić information content (AvgIpc) is 3.94. The van der Waals surface area contributed by atoms with E-state index >= 15 is 0 Å². The van der Waals surface area contributed by atoms with Crippen molar-refractivity contribution in [3.8, 4) is 45.1 Å². The molecule has 5 heteroatoms. The van der Waals surface area contributed by atoms with Crippen LogP contribution in [0.4, 0.5) is 0 Å². The summed E-state index contributed by atoms with van der Waals surface area (Å²) in [5.41, 5.74) is 13.3. The van der Waals surface area contributed by atoms with Crippen LogP contribution in [0.2, 0.25) is 0 Å². The Morgan fingerprint density at radius 3 is 1.72 bits per heavy atom. The van der Waals surface area contributed by atoms with Crippen molar-refractivity contribution in [3.63, 3.8) is 0 Å². The Morgan fingerprint density at radius 1 is 0.368 bits per heavy atom. The first-order valence-electron chi connectivity index (χ1n) is 19.3. The third-order valence-electron chi connectivity index (χ3n) is 11.3. The molecule has 0 saturated heterocycles. The Bertz CT molecular complexity index is 3510. The van der Waals surface area contributed by atoms with E-state index in [1.54, 1.807) is 0 Å². The van der Waals surface area contributed by atoms with Gasteiger partial charge in [-0.25, -0.2) is 9.97 Å². The number of aromatic nitrogens is 4. The zero-order valence-electron chi connectivity index (χ0n) is 30.7. The Hall–Kier alpha value is -7.76. The van der Waals surface area contributed by atoms with Crippen LogP contribution in [0.5, 0.6) is 0 Å². The van der Waals surface area contributed by atoms with E-state index in [0.717, 1.165) is 83.2 Å². The van der Waals surface area contributed by atoms with E-state index in [0.29, 0.717) is 5.82 Å². The summed E-state index contributed by atoms with van der Waals surface area (Å²) in [5, 5.41) is 6.61. The quantitative estimate of drug-likeness (QED) is 0.177. The summed E-state index contributed by atoms with van der Waals surface area (Å²) in [5.74, 6) is 0.648. The maximum atomic E-state index is 6.57. The fourth-order valence-electron chi connectivity index (χ4n) is 8.82. The van der Waals surface area contributed by atoms with Gasteiger partial charge in [0.15, 0.2) is 5.82 Å². The Labute approximate surface area is 327 Å². The standard InChI is InChI=1S/C52H32N4O/c1-4-15-33(16-5-1)50-49-39-22-11-13-25-44(39)56(37-19-8-3-9-20-37)52(49)54-51(53-50)40-23-14-26-47-48(40)42-32-35(28-30-46(42)57-47)34-27-29-45-41(31-34)38-21-10-12-24-43(38)55(45)36-17-6-2-7-18-36/h1-32H. The summed E-state index contributed by atoms with van der Waals surface area (Å²) in [4.78, 5) is 10.9. The largest absolute Gasteiger partial charge is 0.456 e. The maximum Gasteiger partial charge on any atom is 0.162 e. The van der Waals surface area contributed by atoms with Crippen molar-refractivity contribution >= 4 is 65.7 Å². The molecule has 0 aliphatic carbocycles. The van der Waals surface area contributed by atoms with Gasteiger partial charge in [-0.1, -0.05) is 127 Å². The second-order valence-corrected chi connectivity index (χ2v) is 14.6. The molecule has 0 fully saturated rings. The molecule has 0 amide bonds. The number of hydrogen-bond acceptors (Lipinski definition) is 3. The summed E-state index contributed by atoms with van der Waals surface area (Å²) in [6, 6.07) is 68.2. The Kier molecular flexibility index (Phi) is 6.86. The normalized spacial score (nSPS) is 11.9. The topological polar surface area (TPSA) is 48.8 Å². The van der Waals surface area contributed by atoms with Gasteiger partial charge in [0.25, 0.3) is 0 Å². The fraction of sp³-hybridized carbons (Fsp3) is 0. The lowest BCUT2D eigenvalue weighted by Crippen LogP contribution is -1.99. The highest BCUT2D eigenvalue weighted by Crippen LogP contribution is 2.42. The molecule has 0 N–H and O–H groups in total. The minimum atomic E-state index is 0.648. The van der Waals surface area contributed by atoms with Gasteiger partial charge in [-0.3, -0.25) is 4.57 Å². The van der Waals surface area contributed by atoms with Gasteiger partial charge in [0.1, 0.15) is 16.8 Å². The van der Waals surface area contributed by atoms with Crippen LogP contribution in [-0.2, 0) is 0 Å². The van der Waals surface area contributed by atoms with E-state index in [2.05, 4.69) is 179 Å². The molecule has 0 unspecified atom stereocenters. The van der Waals surface area contributed by atoms with Crippen molar-refractivity contribution in [1.29, 1.82) is 0 Å². The zero-order chi connectivity index (χ0) is 37.5. The summed E-state index contributed by atoms with van der Waals surface area (Å²) in [6.45, 7) is 0. The molecule has 8 aromatic carbocycles. The van der Waals surface area contributed by atoms with Crippen molar-refractivity contribution in [2.45, 2.75) is 0 Å². The van der Waals surface area contributed by atoms with Crippen LogP contribution in [0.3, 0.4) is 0 Å². The van der Waals surface area contributed by atoms with Crippen molar-refractivity contribution < 1.29 is 4.42 Å². The lowest BCUT2D eigenvalue weighted by atomic mass is 9.99. The molecular weight excluding hydrogens is 697 g/mol. The fourth-order valence-corrected chi connectivity index (χ4v) is 8.82. The van der Waals surface area contributed by atoms with Crippen LogP contribution in [0.25, 0.3) is 111 Å². The minimum absolute atomic E-state index is 0.648. The first kappa shape index (κ1) is 31.6. The summed E-state index contributed by atoms with van der Waals surface area (Å²) in [6.07, 6.45) is 0. The number of furan rings is 1. The molecule has 5 nitrogen and oxygen atoms in total. The number of hydrogen-bond donors (Lipinski definition) is 0. The van der Waals surface area contributed by atoms with E-state index in [-0.39, 0.29) is 0 Å². The van der Waals surface area contributed by atoms with Crippen LogP contribution in [0.1, 0.15) is 0 Å². The molecule has 0 bridgehead atoms. The molecule has 266 valence electrons. The number of benzene rings is 8. The third kappa shape index (κ3) is 4.82. The predicted octanol–water partition coefficient (Wildman–Crippen LogP) is 13.6. The number of rotatable bonds is 5. The average molecular weight is 729 g/mol. The molecule has 12 rings (SSSR count). The van der Waals surface area contributed by atoms with E-state index in [1.165, 1.54) is 21.8 Å². The van der Waals surface area contributed by atoms with Gasteiger partial charge < -0.3 is 8.98 Å². The summed E-state index contributed by atoms with van der Waals surface area (Å²) < 4.78 is 11.2. The van der Waals surface area contributed by atoms with Gasteiger partial charge in [-0.05, 0) is 77.9 Å². The van der Waals surface area contributed by atoms with Crippen molar-refractivity contribution in [3.05, 3.63) is 194 Å². The summed E-state index contributed by atoms with van der Waals surface area (Å²) in [7, 11) is 0. The lowest BCUT2D eigenvalue weighted by Gasteiger charge is -2.11. The molecule has 4 aromatic heterocycles. The van der Waals surface area contributed by atoms with Gasteiger partial charge in [-0.2, -0.15) is 0 Å². The molecule has 0 aliphatic heterocycles. The zero-order valence-corrected chi connectivity index (χ0v) is 30.7. The van der Waals surface area contributed by atoms with Gasteiger partial charge in [0.2, 0.25) is 0 Å².